The van der Waals surface area contributed by atoms with Crippen LogP contribution in [0.5, 0.6) is 0 Å². The van der Waals surface area contributed by atoms with E-state index in [-0.39, 0.29) is 5.91 Å². The lowest BCUT2D eigenvalue weighted by molar-refractivity contribution is 0.0662. The Balaban J connectivity index is 1.56. The van der Waals surface area contributed by atoms with Crippen molar-refractivity contribution >= 4 is 11.7 Å². The molecule has 0 unspecified atom stereocenters. The van der Waals surface area contributed by atoms with Crippen molar-refractivity contribution in [2.24, 2.45) is 0 Å². The first-order valence-corrected chi connectivity index (χ1v) is 8.18. The van der Waals surface area contributed by atoms with Gasteiger partial charge in [0, 0.05) is 45.5 Å². The quantitative estimate of drug-likeness (QED) is 0.901. The third-order valence-corrected chi connectivity index (χ3v) is 4.45. The maximum atomic E-state index is 12.3. The molecular formula is C16H25N5O. The first kappa shape index (κ1) is 15.2. The molecule has 3 heterocycles. The van der Waals surface area contributed by atoms with Crippen LogP contribution in [0, 0.1) is 0 Å². The molecule has 0 aliphatic carbocycles. The number of likely N-dealkylation sites (N-methyl/N-ethyl adjacent to an activating group) is 1. The standard InChI is InChI=1S/C16H25N5O/c1-19-9-11-21(12-10-19)18-16(22)14-5-6-15(17-13-14)20-7-3-2-4-8-20/h5-6,13H,2-4,7-12H2,1H3,(H,18,22). The van der Waals surface area contributed by atoms with Gasteiger partial charge in [-0.2, -0.15) is 0 Å². The Morgan fingerprint density at radius 1 is 1.05 bits per heavy atom. The predicted octanol–water partition coefficient (Wildman–Crippen LogP) is 0.964. The molecule has 0 aromatic carbocycles. The lowest BCUT2D eigenvalue weighted by Gasteiger charge is -2.32. The summed E-state index contributed by atoms with van der Waals surface area (Å²) in [7, 11) is 2.10. The van der Waals surface area contributed by atoms with Crippen LogP contribution in [0.25, 0.3) is 0 Å². The number of nitrogens with zero attached hydrogens (tertiary/aromatic N) is 4. The average Bonchev–Trinajstić information content (AvgIpc) is 2.58. The van der Waals surface area contributed by atoms with E-state index in [4.69, 9.17) is 0 Å². The lowest BCUT2D eigenvalue weighted by Crippen LogP contribution is -2.52. The molecule has 2 aliphatic heterocycles. The van der Waals surface area contributed by atoms with Gasteiger partial charge < -0.3 is 9.80 Å². The van der Waals surface area contributed by atoms with Gasteiger partial charge in [0.15, 0.2) is 0 Å². The van der Waals surface area contributed by atoms with Crippen molar-refractivity contribution < 1.29 is 4.79 Å². The minimum absolute atomic E-state index is 0.0674. The summed E-state index contributed by atoms with van der Waals surface area (Å²) in [6.07, 6.45) is 5.46. The van der Waals surface area contributed by atoms with E-state index < -0.39 is 0 Å². The SMILES string of the molecule is CN1CCN(NC(=O)c2ccc(N3CCCCC3)nc2)CC1. The van der Waals surface area contributed by atoms with E-state index in [2.05, 4.69) is 27.3 Å². The van der Waals surface area contributed by atoms with Crippen LogP contribution in [-0.2, 0) is 0 Å². The molecule has 0 radical (unpaired) electrons. The molecule has 6 heteroatoms. The molecule has 1 aromatic rings. The fourth-order valence-electron chi connectivity index (χ4n) is 2.96. The van der Waals surface area contributed by atoms with Crippen molar-refractivity contribution in [2.75, 3.05) is 51.2 Å². The van der Waals surface area contributed by atoms with E-state index in [1.165, 1.54) is 19.3 Å². The van der Waals surface area contributed by atoms with Gasteiger partial charge in [0.2, 0.25) is 0 Å². The van der Waals surface area contributed by atoms with Crippen LogP contribution < -0.4 is 10.3 Å². The first-order valence-electron chi connectivity index (χ1n) is 8.18. The summed E-state index contributed by atoms with van der Waals surface area (Å²) in [5.41, 5.74) is 3.59. The Morgan fingerprint density at radius 3 is 2.41 bits per heavy atom. The summed E-state index contributed by atoms with van der Waals surface area (Å²) >= 11 is 0. The van der Waals surface area contributed by atoms with Crippen molar-refractivity contribution in [1.82, 2.24) is 20.3 Å². The zero-order valence-corrected chi connectivity index (χ0v) is 13.3. The van der Waals surface area contributed by atoms with Gasteiger partial charge in [-0.1, -0.05) is 0 Å². The molecule has 0 saturated carbocycles. The Kier molecular flexibility index (Phi) is 4.90. The number of carbonyl (C=O) groups is 1. The Bertz CT molecular complexity index is 490. The molecule has 120 valence electrons. The van der Waals surface area contributed by atoms with Crippen molar-refractivity contribution in [3.63, 3.8) is 0 Å². The summed E-state index contributed by atoms with van der Waals surface area (Å²) < 4.78 is 0. The Labute approximate surface area is 132 Å². The fraction of sp³-hybridized carbons (Fsp3) is 0.625. The van der Waals surface area contributed by atoms with E-state index in [0.29, 0.717) is 5.56 Å². The molecule has 3 rings (SSSR count). The van der Waals surface area contributed by atoms with Crippen LogP contribution in [0.1, 0.15) is 29.6 Å². The molecule has 1 N–H and O–H groups in total. The smallest absolute Gasteiger partial charge is 0.267 e. The molecule has 0 bridgehead atoms. The van der Waals surface area contributed by atoms with Crippen molar-refractivity contribution in [3.8, 4) is 0 Å². The highest BCUT2D eigenvalue weighted by molar-refractivity contribution is 5.93. The zero-order chi connectivity index (χ0) is 15.4. The Morgan fingerprint density at radius 2 is 1.77 bits per heavy atom. The minimum Gasteiger partial charge on any atom is -0.357 e. The van der Waals surface area contributed by atoms with Gasteiger partial charge in [0.25, 0.3) is 5.91 Å². The van der Waals surface area contributed by atoms with Crippen LogP contribution in [0.2, 0.25) is 0 Å². The highest BCUT2D eigenvalue weighted by Gasteiger charge is 2.17. The monoisotopic (exact) mass is 303 g/mol. The second-order valence-electron chi connectivity index (χ2n) is 6.18. The Hall–Kier alpha value is -1.66. The van der Waals surface area contributed by atoms with Gasteiger partial charge in [-0.25, -0.2) is 9.99 Å². The van der Waals surface area contributed by atoms with Crippen molar-refractivity contribution in [2.45, 2.75) is 19.3 Å². The molecule has 2 fully saturated rings. The summed E-state index contributed by atoms with van der Waals surface area (Å²) in [6, 6.07) is 3.84. The minimum atomic E-state index is -0.0674. The normalized spacial score (nSPS) is 20.9. The number of nitrogens with one attached hydrogen (secondary N) is 1. The number of aromatic nitrogens is 1. The second kappa shape index (κ2) is 7.07. The molecular weight excluding hydrogens is 278 g/mol. The van der Waals surface area contributed by atoms with Crippen LogP contribution in [0.4, 0.5) is 5.82 Å². The third-order valence-electron chi connectivity index (χ3n) is 4.45. The van der Waals surface area contributed by atoms with Crippen LogP contribution >= 0.6 is 0 Å². The average molecular weight is 303 g/mol. The molecule has 0 spiro atoms. The van der Waals surface area contributed by atoms with E-state index in [1.807, 2.05) is 17.1 Å². The first-order chi connectivity index (χ1) is 10.7. The molecule has 1 amide bonds. The third kappa shape index (κ3) is 3.75. The number of rotatable bonds is 3. The number of hydrogen-bond donors (Lipinski definition) is 1. The summed E-state index contributed by atoms with van der Waals surface area (Å²) in [6.45, 7) is 5.82. The number of anilines is 1. The fourth-order valence-corrected chi connectivity index (χ4v) is 2.96. The highest BCUT2D eigenvalue weighted by atomic mass is 16.2. The number of hydrogen-bond acceptors (Lipinski definition) is 5. The van der Waals surface area contributed by atoms with Crippen LogP contribution in [-0.4, -0.2) is 67.1 Å². The molecule has 0 atom stereocenters. The predicted molar refractivity (Wildman–Crippen MR) is 86.8 cm³/mol. The zero-order valence-electron chi connectivity index (χ0n) is 13.3. The van der Waals surface area contributed by atoms with Crippen LogP contribution in [0.15, 0.2) is 18.3 Å². The van der Waals surface area contributed by atoms with Gasteiger partial charge in [-0.3, -0.25) is 10.2 Å². The topological polar surface area (TPSA) is 51.7 Å². The van der Waals surface area contributed by atoms with E-state index in [0.717, 1.165) is 45.1 Å². The number of piperidine rings is 1. The maximum Gasteiger partial charge on any atom is 0.267 e. The summed E-state index contributed by atoms with van der Waals surface area (Å²) in [5, 5.41) is 1.99. The lowest BCUT2D eigenvalue weighted by atomic mass is 10.1. The number of pyridine rings is 1. The van der Waals surface area contributed by atoms with Crippen LogP contribution in [0.3, 0.4) is 0 Å². The van der Waals surface area contributed by atoms with Gasteiger partial charge in [-0.05, 0) is 38.4 Å². The molecule has 1 aromatic heterocycles. The highest BCUT2D eigenvalue weighted by Crippen LogP contribution is 2.17. The van der Waals surface area contributed by atoms with E-state index >= 15 is 0 Å². The number of hydrazine groups is 1. The van der Waals surface area contributed by atoms with Crippen molar-refractivity contribution in [3.05, 3.63) is 23.9 Å². The van der Waals surface area contributed by atoms with Gasteiger partial charge >= 0.3 is 0 Å². The van der Waals surface area contributed by atoms with Gasteiger partial charge in [-0.15, -0.1) is 0 Å². The van der Waals surface area contributed by atoms with Gasteiger partial charge in [0.05, 0.1) is 5.56 Å². The van der Waals surface area contributed by atoms with Crippen molar-refractivity contribution in [1.29, 1.82) is 0 Å². The van der Waals surface area contributed by atoms with Gasteiger partial charge in [0.1, 0.15) is 5.82 Å². The van der Waals surface area contributed by atoms with E-state index in [1.54, 1.807) is 6.20 Å². The molecule has 2 aliphatic rings. The largest absolute Gasteiger partial charge is 0.357 e. The number of amides is 1. The summed E-state index contributed by atoms with van der Waals surface area (Å²) in [5.74, 6) is 0.915. The number of carbonyl (C=O) groups excluding carboxylic acids is 1. The summed E-state index contributed by atoms with van der Waals surface area (Å²) in [4.78, 5) is 21.3. The second-order valence-corrected chi connectivity index (χ2v) is 6.18. The molecule has 6 nitrogen and oxygen atoms in total. The maximum absolute atomic E-state index is 12.3. The van der Waals surface area contributed by atoms with E-state index in [9.17, 15) is 4.79 Å². The molecule has 2 saturated heterocycles. The number of piperazine rings is 1. The molecule has 22 heavy (non-hydrogen) atoms.